The predicted molar refractivity (Wildman–Crippen MR) is 202 cm³/mol. The van der Waals surface area contributed by atoms with E-state index in [1.54, 1.807) is 24.3 Å². The fourth-order valence-electron chi connectivity index (χ4n) is 4.97. The van der Waals surface area contributed by atoms with Crippen LogP contribution in [-0.2, 0) is 14.3 Å². The second kappa shape index (κ2) is 23.6. The van der Waals surface area contributed by atoms with Crippen molar-refractivity contribution in [3.05, 3.63) is 111 Å². The molecule has 1 rings (SSSR count). The predicted octanol–water partition coefficient (Wildman–Crippen LogP) is 13.0. The molecule has 0 aliphatic rings. The summed E-state index contributed by atoms with van der Waals surface area (Å²) in [6.07, 6.45) is 29.3. The number of benzene rings is 1. The van der Waals surface area contributed by atoms with Crippen molar-refractivity contribution in [2.24, 2.45) is 0 Å². The second-order valence-corrected chi connectivity index (χ2v) is 15.0. The zero-order valence-electron chi connectivity index (χ0n) is 30.7. The molecular formula is C42H64O3S. The minimum atomic E-state index is -3.72. The Kier molecular flexibility index (Phi) is 21.2. The maximum atomic E-state index is 12.3. The standard InChI is InChI=1S/C42H64O3S/c1-34(2)16-10-17-35(3)18-11-19-36(4)20-12-21-37(5)22-13-23-38(6)24-14-25-39(7)26-15-27-40(8)32-33-45-46(43,44)42-30-28-41(9)29-31-42/h16,18,20,22,24,26,28-32H,10-15,17,19,21,23,25,27,33H2,1-9H3/b35-18?,36-20?,37-22?,38-24+,39-26?,40-32+. The average Bonchev–Trinajstić information content (AvgIpc) is 2.97. The lowest BCUT2D eigenvalue weighted by molar-refractivity contribution is 0.356. The van der Waals surface area contributed by atoms with E-state index < -0.39 is 10.1 Å². The van der Waals surface area contributed by atoms with Crippen molar-refractivity contribution in [1.82, 2.24) is 0 Å². The van der Waals surface area contributed by atoms with Crippen LogP contribution in [0.2, 0.25) is 0 Å². The molecule has 0 aromatic heterocycles. The van der Waals surface area contributed by atoms with Crippen LogP contribution in [0, 0.1) is 6.92 Å². The topological polar surface area (TPSA) is 43.4 Å². The molecule has 3 nitrogen and oxygen atoms in total. The van der Waals surface area contributed by atoms with Gasteiger partial charge in [0.25, 0.3) is 10.1 Å². The normalized spacial score (nSPS) is 14.2. The summed E-state index contributed by atoms with van der Waals surface area (Å²) in [6.45, 7) is 19.6. The zero-order valence-corrected chi connectivity index (χ0v) is 31.5. The summed E-state index contributed by atoms with van der Waals surface area (Å²) >= 11 is 0. The van der Waals surface area contributed by atoms with E-state index in [2.05, 4.69) is 84.9 Å². The first-order valence-corrected chi connectivity index (χ1v) is 18.7. The van der Waals surface area contributed by atoms with Gasteiger partial charge in [0.1, 0.15) is 0 Å². The molecule has 1 aromatic rings. The number of rotatable bonds is 22. The Bertz CT molecular complexity index is 1360. The summed E-state index contributed by atoms with van der Waals surface area (Å²) in [5.41, 5.74) is 10.9. The van der Waals surface area contributed by atoms with Gasteiger partial charge in [0, 0.05) is 0 Å². The highest BCUT2D eigenvalue weighted by molar-refractivity contribution is 7.86. The molecule has 0 unspecified atom stereocenters. The SMILES string of the molecule is CC(C)=CCCC(C)=CCCC(C)=CCCC(C)=CCC/C(C)=C/CCC(C)=CCC/C(C)=C/COS(=O)(=O)c1ccc(C)cc1. The first-order chi connectivity index (χ1) is 21.8. The van der Waals surface area contributed by atoms with Crippen molar-refractivity contribution in [2.45, 2.75) is 144 Å². The van der Waals surface area contributed by atoms with Gasteiger partial charge in [-0.05, 0) is 151 Å². The van der Waals surface area contributed by atoms with Crippen LogP contribution in [0.25, 0.3) is 0 Å². The number of aryl methyl sites for hydroxylation is 1. The first kappa shape index (κ1) is 41.3. The van der Waals surface area contributed by atoms with Crippen LogP contribution in [0.3, 0.4) is 0 Å². The molecule has 0 fully saturated rings. The first-order valence-electron chi connectivity index (χ1n) is 17.3. The van der Waals surface area contributed by atoms with E-state index in [1.165, 1.54) is 39.9 Å². The lowest BCUT2D eigenvalue weighted by Crippen LogP contribution is -2.06. The molecule has 0 spiro atoms. The van der Waals surface area contributed by atoms with Gasteiger partial charge in [0.15, 0.2) is 0 Å². The lowest BCUT2D eigenvalue weighted by atomic mass is 10.0. The van der Waals surface area contributed by atoms with Crippen molar-refractivity contribution >= 4 is 10.1 Å². The van der Waals surface area contributed by atoms with Crippen LogP contribution in [-0.4, -0.2) is 15.0 Å². The molecule has 0 saturated carbocycles. The minimum Gasteiger partial charge on any atom is -0.262 e. The molecule has 0 saturated heterocycles. The molecule has 0 N–H and O–H groups in total. The van der Waals surface area contributed by atoms with Crippen LogP contribution in [0.4, 0.5) is 0 Å². The van der Waals surface area contributed by atoms with E-state index in [0.717, 1.165) is 81.8 Å². The number of hydrogen-bond donors (Lipinski definition) is 0. The van der Waals surface area contributed by atoms with Gasteiger partial charge < -0.3 is 0 Å². The van der Waals surface area contributed by atoms with E-state index in [1.807, 2.05) is 19.9 Å². The molecule has 0 aliphatic carbocycles. The van der Waals surface area contributed by atoms with Gasteiger partial charge in [0.05, 0.1) is 11.5 Å². The number of allylic oxidation sites excluding steroid dienone is 13. The molecule has 0 aliphatic heterocycles. The van der Waals surface area contributed by atoms with Crippen molar-refractivity contribution in [2.75, 3.05) is 6.61 Å². The third-order valence-corrected chi connectivity index (χ3v) is 9.51. The van der Waals surface area contributed by atoms with Crippen molar-refractivity contribution < 1.29 is 12.6 Å². The Hall–Kier alpha value is -2.69. The van der Waals surface area contributed by atoms with Crippen molar-refractivity contribution in [3.63, 3.8) is 0 Å². The maximum Gasteiger partial charge on any atom is 0.297 e. The Morgan fingerprint density at radius 1 is 0.500 bits per heavy atom. The van der Waals surface area contributed by atoms with Gasteiger partial charge in [-0.1, -0.05) is 99.2 Å². The van der Waals surface area contributed by atoms with E-state index in [-0.39, 0.29) is 11.5 Å². The smallest absolute Gasteiger partial charge is 0.262 e. The second-order valence-electron chi connectivity index (χ2n) is 13.4. The van der Waals surface area contributed by atoms with E-state index in [0.29, 0.717) is 0 Å². The van der Waals surface area contributed by atoms with E-state index in [9.17, 15) is 8.42 Å². The summed E-state index contributed by atoms with van der Waals surface area (Å²) in [4.78, 5) is 0.197. The Morgan fingerprint density at radius 2 is 0.804 bits per heavy atom. The van der Waals surface area contributed by atoms with Crippen molar-refractivity contribution in [3.8, 4) is 0 Å². The fourth-order valence-corrected chi connectivity index (χ4v) is 5.82. The van der Waals surface area contributed by atoms with Gasteiger partial charge in [0.2, 0.25) is 0 Å². The van der Waals surface area contributed by atoms with Gasteiger partial charge in [-0.25, -0.2) is 0 Å². The summed E-state index contributed by atoms with van der Waals surface area (Å²) < 4.78 is 29.8. The third kappa shape index (κ3) is 21.2. The quantitative estimate of drug-likeness (QED) is 0.0928. The highest BCUT2D eigenvalue weighted by Gasteiger charge is 2.13. The molecule has 0 bridgehead atoms. The average molecular weight is 649 g/mol. The minimum absolute atomic E-state index is 0.0652. The Balaban J connectivity index is 2.27. The maximum absolute atomic E-state index is 12.3. The Morgan fingerprint density at radius 3 is 1.13 bits per heavy atom. The third-order valence-electron chi connectivity index (χ3n) is 8.21. The van der Waals surface area contributed by atoms with E-state index in [4.69, 9.17) is 4.18 Å². The lowest BCUT2D eigenvalue weighted by Gasteiger charge is -2.05. The van der Waals surface area contributed by atoms with Gasteiger partial charge in [-0.15, -0.1) is 0 Å². The molecule has 46 heavy (non-hydrogen) atoms. The number of hydrogen-bond acceptors (Lipinski definition) is 3. The van der Waals surface area contributed by atoms with Gasteiger partial charge in [-0.3, -0.25) is 4.18 Å². The van der Waals surface area contributed by atoms with Crippen LogP contribution in [0.5, 0.6) is 0 Å². The van der Waals surface area contributed by atoms with Crippen molar-refractivity contribution in [1.29, 1.82) is 0 Å². The van der Waals surface area contributed by atoms with Gasteiger partial charge >= 0.3 is 0 Å². The Labute approximate surface area is 284 Å². The summed E-state index contributed by atoms with van der Waals surface area (Å²) in [5.74, 6) is 0. The van der Waals surface area contributed by atoms with E-state index >= 15 is 0 Å². The van der Waals surface area contributed by atoms with Crippen LogP contribution in [0.1, 0.15) is 138 Å². The molecule has 0 radical (unpaired) electrons. The summed E-state index contributed by atoms with van der Waals surface area (Å²) in [5, 5.41) is 0. The van der Waals surface area contributed by atoms with Crippen LogP contribution >= 0.6 is 0 Å². The van der Waals surface area contributed by atoms with Gasteiger partial charge in [-0.2, -0.15) is 8.42 Å². The largest absolute Gasteiger partial charge is 0.297 e. The molecule has 1 aromatic carbocycles. The molecule has 4 heteroatoms. The van der Waals surface area contributed by atoms with Crippen LogP contribution in [0.15, 0.2) is 111 Å². The molecule has 0 atom stereocenters. The van der Waals surface area contributed by atoms with Crippen LogP contribution < -0.4 is 0 Å². The fraction of sp³-hybridized carbons (Fsp3) is 0.524. The molecule has 256 valence electrons. The highest BCUT2D eigenvalue weighted by Crippen LogP contribution is 2.17. The zero-order chi connectivity index (χ0) is 34.4. The summed E-state index contributed by atoms with van der Waals surface area (Å²) in [6, 6.07) is 6.73. The molecule has 0 amide bonds. The molecule has 0 heterocycles. The monoisotopic (exact) mass is 648 g/mol. The highest BCUT2D eigenvalue weighted by atomic mass is 32.2. The molecular weight excluding hydrogens is 585 g/mol. The summed E-state index contributed by atoms with van der Waals surface area (Å²) in [7, 11) is -3.72.